The quantitative estimate of drug-likeness (QED) is 0.291. The van der Waals surface area contributed by atoms with E-state index in [1.165, 1.54) is 4.68 Å². The molecular formula is C25H29Br2N3O3. The molecule has 0 saturated heterocycles. The molecule has 176 valence electrons. The summed E-state index contributed by atoms with van der Waals surface area (Å²) in [7, 11) is 0. The molecule has 0 amide bonds. The van der Waals surface area contributed by atoms with Gasteiger partial charge in [-0.05, 0) is 58.6 Å². The summed E-state index contributed by atoms with van der Waals surface area (Å²) in [6, 6.07) is 9.22. The minimum atomic E-state index is -0.215. The number of fused-ring (bicyclic) bond motifs is 1. The molecule has 1 heterocycles. The third-order valence-corrected chi connectivity index (χ3v) is 5.87. The van der Waals surface area contributed by atoms with Crippen LogP contribution in [0.25, 0.3) is 10.9 Å². The van der Waals surface area contributed by atoms with E-state index >= 15 is 0 Å². The second-order valence-corrected chi connectivity index (χ2v) is 11.0. The molecule has 1 aromatic heterocycles. The van der Waals surface area contributed by atoms with E-state index in [0.29, 0.717) is 41.4 Å². The van der Waals surface area contributed by atoms with E-state index in [0.717, 1.165) is 14.5 Å². The summed E-state index contributed by atoms with van der Waals surface area (Å²) in [5.41, 5.74) is 1.21. The molecular weight excluding hydrogens is 550 g/mol. The van der Waals surface area contributed by atoms with Crippen LogP contribution in [0.3, 0.4) is 0 Å². The van der Waals surface area contributed by atoms with Crippen LogP contribution in [0.1, 0.15) is 58.8 Å². The molecule has 0 bridgehead atoms. The predicted molar refractivity (Wildman–Crippen MR) is 141 cm³/mol. The Kier molecular flexibility index (Phi) is 8.00. The number of hydrogen-bond acceptors (Lipinski definition) is 5. The number of halogens is 2. The molecule has 0 aliphatic carbocycles. The number of rotatable bonds is 7. The van der Waals surface area contributed by atoms with Crippen molar-refractivity contribution in [2.45, 2.75) is 47.5 Å². The zero-order chi connectivity index (χ0) is 24.3. The minimum absolute atomic E-state index is 0.0125. The fraction of sp³-hybridized carbons (Fsp3) is 0.400. The molecule has 0 atom stereocenters. The molecule has 0 saturated carbocycles. The van der Waals surface area contributed by atoms with Crippen LogP contribution in [-0.4, -0.2) is 29.1 Å². The van der Waals surface area contributed by atoms with Crippen molar-refractivity contribution in [2.24, 2.45) is 10.5 Å². The van der Waals surface area contributed by atoms with Crippen LogP contribution in [0.2, 0.25) is 0 Å². The summed E-state index contributed by atoms with van der Waals surface area (Å²) in [5.74, 6) is 1.90. The summed E-state index contributed by atoms with van der Waals surface area (Å²) in [6.07, 6.45) is 1.64. The van der Waals surface area contributed by atoms with Crippen LogP contribution in [0.4, 0.5) is 0 Å². The first-order valence-corrected chi connectivity index (χ1v) is 12.4. The average Bonchev–Trinajstić information content (AvgIpc) is 2.73. The average molecular weight is 579 g/mol. The van der Waals surface area contributed by atoms with Gasteiger partial charge in [0.25, 0.3) is 5.56 Å². The van der Waals surface area contributed by atoms with E-state index in [1.54, 1.807) is 12.3 Å². The molecule has 8 heteroatoms. The van der Waals surface area contributed by atoms with E-state index < -0.39 is 0 Å². The van der Waals surface area contributed by atoms with Crippen molar-refractivity contribution in [1.82, 2.24) is 9.66 Å². The predicted octanol–water partition coefficient (Wildman–Crippen LogP) is 6.75. The van der Waals surface area contributed by atoms with Crippen molar-refractivity contribution < 1.29 is 9.47 Å². The largest absolute Gasteiger partial charge is 0.490 e. The summed E-state index contributed by atoms with van der Waals surface area (Å²) in [6.45, 7) is 13.3. The van der Waals surface area contributed by atoms with E-state index in [-0.39, 0.29) is 16.9 Å². The molecule has 6 nitrogen and oxygen atoms in total. The van der Waals surface area contributed by atoms with Crippen LogP contribution in [0, 0.1) is 5.41 Å². The third kappa shape index (κ3) is 6.23. The van der Waals surface area contributed by atoms with E-state index in [2.05, 4.69) is 57.7 Å². The van der Waals surface area contributed by atoms with Crippen LogP contribution in [-0.2, 0) is 0 Å². The van der Waals surface area contributed by atoms with Crippen LogP contribution in [0.15, 0.2) is 49.2 Å². The smallest absolute Gasteiger partial charge is 0.282 e. The lowest BCUT2D eigenvalue weighted by molar-refractivity contribution is 0.188. The van der Waals surface area contributed by atoms with Crippen molar-refractivity contribution >= 4 is 49.0 Å². The van der Waals surface area contributed by atoms with Gasteiger partial charge in [-0.15, -0.1) is 0 Å². The van der Waals surface area contributed by atoms with Gasteiger partial charge in [-0.2, -0.15) is 9.78 Å². The number of ether oxygens (including phenoxy) is 2. The maximum atomic E-state index is 13.2. The van der Waals surface area contributed by atoms with Gasteiger partial charge in [-0.1, -0.05) is 50.5 Å². The minimum Gasteiger partial charge on any atom is -0.490 e. The molecule has 0 fully saturated rings. The lowest BCUT2D eigenvalue weighted by atomic mass is 9.99. The second kappa shape index (κ2) is 10.4. The molecule has 2 aromatic carbocycles. The van der Waals surface area contributed by atoms with Crippen molar-refractivity contribution in [3.8, 4) is 11.5 Å². The highest BCUT2D eigenvalue weighted by molar-refractivity contribution is 9.10. The first-order valence-electron chi connectivity index (χ1n) is 10.9. The molecule has 0 unspecified atom stereocenters. The molecule has 0 N–H and O–H groups in total. The lowest BCUT2D eigenvalue weighted by Gasteiger charge is -2.21. The van der Waals surface area contributed by atoms with Gasteiger partial charge < -0.3 is 9.47 Å². The van der Waals surface area contributed by atoms with E-state index in [1.807, 2.05) is 45.0 Å². The van der Waals surface area contributed by atoms with E-state index in [4.69, 9.17) is 14.5 Å². The highest BCUT2D eigenvalue weighted by atomic mass is 79.9. The highest BCUT2D eigenvalue weighted by Crippen LogP contribution is 2.34. The van der Waals surface area contributed by atoms with Gasteiger partial charge in [0.2, 0.25) is 0 Å². The first kappa shape index (κ1) is 25.4. The first-order chi connectivity index (χ1) is 15.5. The van der Waals surface area contributed by atoms with E-state index in [9.17, 15) is 4.79 Å². The number of hydrogen-bond donors (Lipinski definition) is 0. The monoisotopic (exact) mass is 577 g/mol. The molecule has 0 spiro atoms. The molecule has 0 radical (unpaired) electrons. The fourth-order valence-electron chi connectivity index (χ4n) is 3.10. The normalized spacial score (nSPS) is 12.2. The maximum absolute atomic E-state index is 13.2. The third-order valence-electron chi connectivity index (χ3n) is 4.69. The van der Waals surface area contributed by atoms with Crippen LogP contribution < -0.4 is 15.0 Å². The highest BCUT2D eigenvalue weighted by Gasteiger charge is 2.17. The van der Waals surface area contributed by atoms with Crippen LogP contribution >= 0.6 is 31.9 Å². The maximum Gasteiger partial charge on any atom is 0.282 e. The second-order valence-electron chi connectivity index (χ2n) is 9.25. The summed E-state index contributed by atoms with van der Waals surface area (Å²) in [4.78, 5) is 17.9. The summed E-state index contributed by atoms with van der Waals surface area (Å²) >= 11 is 7.04. The number of benzene rings is 2. The van der Waals surface area contributed by atoms with Crippen molar-refractivity contribution in [3.63, 3.8) is 0 Å². The fourth-order valence-corrected chi connectivity index (χ4v) is 3.88. The Morgan fingerprint density at radius 1 is 1.12 bits per heavy atom. The van der Waals surface area contributed by atoms with Gasteiger partial charge in [0.1, 0.15) is 5.82 Å². The Morgan fingerprint density at radius 3 is 2.45 bits per heavy atom. The van der Waals surface area contributed by atoms with Crippen molar-refractivity contribution in [3.05, 3.63) is 61.0 Å². The zero-order valence-corrected chi connectivity index (χ0v) is 22.9. The summed E-state index contributed by atoms with van der Waals surface area (Å²) < 4.78 is 14.8. The lowest BCUT2D eigenvalue weighted by Crippen LogP contribution is -2.23. The van der Waals surface area contributed by atoms with Gasteiger partial charge in [-0.25, -0.2) is 4.98 Å². The van der Waals surface area contributed by atoms with Gasteiger partial charge in [0.15, 0.2) is 11.5 Å². The standard InChI is InChI=1S/C25H29Br2N3O3/c1-7-32-21-10-16(19(27)12-22(21)33-14-25(4,5)6)13-28-30-23(15(2)3)29-20-9-8-17(26)11-18(20)24(30)31/h8-13,15H,7,14H2,1-6H3. The molecule has 0 aliphatic rings. The Morgan fingerprint density at radius 2 is 1.82 bits per heavy atom. The SMILES string of the molecule is CCOc1cc(C=Nn2c(C(C)C)nc3ccc(Br)cc3c2=O)c(Br)cc1OCC(C)(C)C. The number of aromatic nitrogens is 2. The van der Waals surface area contributed by atoms with Crippen molar-refractivity contribution in [2.75, 3.05) is 13.2 Å². The zero-order valence-electron chi connectivity index (χ0n) is 19.8. The molecule has 3 rings (SSSR count). The van der Waals surface area contributed by atoms with Crippen molar-refractivity contribution in [1.29, 1.82) is 0 Å². The summed E-state index contributed by atoms with van der Waals surface area (Å²) in [5, 5.41) is 5.03. The number of nitrogens with zero attached hydrogens (tertiary/aromatic N) is 3. The van der Waals surface area contributed by atoms with Gasteiger partial charge >= 0.3 is 0 Å². The molecule has 3 aromatic rings. The Hall–Kier alpha value is -2.19. The Bertz CT molecular complexity index is 1240. The topological polar surface area (TPSA) is 65.7 Å². The molecule has 33 heavy (non-hydrogen) atoms. The van der Waals surface area contributed by atoms with Gasteiger partial charge in [-0.3, -0.25) is 4.79 Å². The molecule has 0 aliphatic heterocycles. The Labute approximate surface area is 211 Å². The van der Waals surface area contributed by atoms with Gasteiger partial charge in [0.05, 0.1) is 30.3 Å². The Balaban J connectivity index is 2.07. The van der Waals surface area contributed by atoms with Crippen LogP contribution in [0.5, 0.6) is 11.5 Å². The van der Waals surface area contributed by atoms with Gasteiger partial charge in [0, 0.05) is 20.4 Å².